The Bertz CT molecular complexity index is 156. The van der Waals surface area contributed by atoms with Gasteiger partial charge in [-0.3, -0.25) is 5.26 Å². The van der Waals surface area contributed by atoms with Crippen LogP contribution in [0.4, 0.5) is 0 Å². The second-order valence-corrected chi connectivity index (χ2v) is 2.20. The van der Waals surface area contributed by atoms with E-state index in [1.165, 1.54) is 0 Å². The van der Waals surface area contributed by atoms with Crippen LogP contribution >= 0.6 is 0 Å². The average Bonchev–Trinajstić information content (AvgIpc) is 2.18. The Kier molecular flexibility index (Phi) is 26.6. The van der Waals surface area contributed by atoms with E-state index in [9.17, 15) is 0 Å². The third-order valence-corrected chi connectivity index (χ3v) is 1.08. The molecule has 0 unspecified atom stereocenters. The molecular formula is C10H18NO2Y-. The zero-order chi connectivity index (χ0) is 10.5. The second-order valence-electron chi connectivity index (χ2n) is 2.20. The van der Waals surface area contributed by atoms with Crippen molar-refractivity contribution in [3.8, 4) is 0 Å². The van der Waals surface area contributed by atoms with Crippen LogP contribution in [0.3, 0.4) is 0 Å². The van der Waals surface area contributed by atoms with Crippen LogP contribution in [0.2, 0.25) is 0 Å². The molecule has 0 bridgehead atoms. The van der Waals surface area contributed by atoms with Crippen LogP contribution in [0.1, 0.15) is 13.3 Å². The molecule has 0 amide bonds. The standard InChI is InChI=1S/C7H10O2.C3H8N.Y/c1-3-5-7(4-2)6-9-8;1-2-3-4;/h3-5,8H,1-2,6H2;4H,2-3H2,1H3;/q;-1;/b7-5+;;. The Morgan fingerprint density at radius 2 is 2.00 bits per heavy atom. The predicted octanol–water partition coefficient (Wildman–Crippen LogP) is 3.22. The van der Waals surface area contributed by atoms with Crippen LogP contribution in [-0.4, -0.2) is 18.4 Å². The third-order valence-electron chi connectivity index (χ3n) is 1.08. The maximum absolute atomic E-state index is 7.97. The van der Waals surface area contributed by atoms with Crippen molar-refractivity contribution in [2.75, 3.05) is 13.2 Å². The minimum absolute atomic E-state index is 0. The molecule has 1 radical (unpaired) electrons. The molecule has 0 rings (SSSR count). The molecule has 0 spiro atoms. The normalized spacial score (nSPS) is 9.21. The van der Waals surface area contributed by atoms with Gasteiger partial charge >= 0.3 is 0 Å². The number of nitrogens with one attached hydrogen (secondary N) is 1. The maximum atomic E-state index is 7.97. The van der Waals surface area contributed by atoms with E-state index in [1.807, 2.05) is 6.92 Å². The summed E-state index contributed by atoms with van der Waals surface area (Å²) in [5, 5.41) is 7.97. The van der Waals surface area contributed by atoms with E-state index in [0.29, 0.717) is 6.54 Å². The molecule has 0 saturated heterocycles. The molecule has 0 saturated carbocycles. The van der Waals surface area contributed by atoms with Crippen LogP contribution in [0, 0.1) is 0 Å². The first-order valence-corrected chi connectivity index (χ1v) is 4.11. The van der Waals surface area contributed by atoms with Crippen molar-refractivity contribution in [1.82, 2.24) is 0 Å². The zero-order valence-corrected chi connectivity index (χ0v) is 11.5. The quantitative estimate of drug-likeness (QED) is 0.475. The van der Waals surface area contributed by atoms with Crippen LogP contribution in [0.15, 0.2) is 37.0 Å². The van der Waals surface area contributed by atoms with Gasteiger partial charge in [0.1, 0.15) is 6.61 Å². The molecule has 2 N–H and O–H groups in total. The van der Waals surface area contributed by atoms with Gasteiger partial charge in [0.2, 0.25) is 0 Å². The van der Waals surface area contributed by atoms with Crippen LogP contribution in [0.5, 0.6) is 0 Å². The van der Waals surface area contributed by atoms with Gasteiger partial charge in [-0.1, -0.05) is 44.7 Å². The van der Waals surface area contributed by atoms with E-state index >= 15 is 0 Å². The van der Waals surface area contributed by atoms with E-state index in [2.05, 4.69) is 18.0 Å². The Balaban J connectivity index is -0.000000209. The summed E-state index contributed by atoms with van der Waals surface area (Å²) in [5.41, 5.74) is 7.25. The first-order chi connectivity index (χ1) is 6.26. The van der Waals surface area contributed by atoms with Gasteiger partial charge in [-0.05, 0) is 5.57 Å². The topological polar surface area (TPSA) is 53.3 Å². The van der Waals surface area contributed by atoms with E-state index in [0.717, 1.165) is 12.0 Å². The minimum Gasteiger partial charge on any atom is -0.677 e. The van der Waals surface area contributed by atoms with Gasteiger partial charge in [0, 0.05) is 32.7 Å². The van der Waals surface area contributed by atoms with E-state index < -0.39 is 0 Å². The molecule has 0 heterocycles. The van der Waals surface area contributed by atoms with Crippen LogP contribution in [-0.2, 0) is 37.6 Å². The monoisotopic (exact) mass is 273 g/mol. The Morgan fingerprint density at radius 1 is 1.50 bits per heavy atom. The van der Waals surface area contributed by atoms with Gasteiger partial charge < -0.3 is 5.73 Å². The van der Waals surface area contributed by atoms with Gasteiger partial charge in [-0.25, -0.2) is 4.89 Å². The number of allylic oxidation sites excluding steroid dienone is 2. The van der Waals surface area contributed by atoms with Gasteiger partial charge in [0.15, 0.2) is 0 Å². The van der Waals surface area contributed by atoms with Gasteiger partial charge in [0.05, 0.1) is 0 Å². The van der Waals surface area contributed by atoms with Gasteiger partial charge in [-0.15, -0.1) is 0 Å². The molecule has 79 valence electrons. The molecule has 0 fully saturated rings. The molecule has 0 aliphatic carbocycles. The van der Waals surface area contributed by atoms with Gasteiger partial charge in [0.25, 0.3) is 0 Å². The molecule has 4 heteroatoms. The van der Waals surface area contributed by atoms with Crippen molar-refractivity contribution in [2.45, 2.75) is 13.3 Å². The Hall–Kier alpha value is 0.204. The molecule has 0 atom stereocenters. The summed E-state index contributed by atoms with van der Waals surface area (Å²) in [5.74, 6) is 0. The molecule has 14 heavy (non-hydrogen) atoms. The second kappa shape index (κ2) is 18.9. The van der Waals surface area contributed by atoms with Crippen molar-refractivity contribution >= 4 is 0 Å². The number of hydrogen-bond acceptors (Lipinski definition) is 2. The summed E-state index contributed by atoms with van der Waals surface area (Å²) in [4.78, 5) is 3.86. The fourth-order valence-electron chi connectivity index (χ4n) is 0.401. The first-order valence-electron chi connectivity index (χ1n) is 4.11. The van der Waals surface area contributed by atoms with E-state index in [4.69, 9.17) is 11.0 Å². The summed E-state index contributed by atoms with van der Waals surface area (Å²) in [6.07, 6.45) is 5.90. The summed E-state index contributed by atoms with van der Waals surface area (Å²) < 4.78 is 0. The number of hydrogen-bond donors (Lipinski definition) is 1. The van der Waals surface area contributed by atoms with Crippen molar-refractivity contribution in [1.29, 1.82) is 0 Å². The van der Waals surface area contributed by atoms with Gasteiger partial charge in [-0.2, -0.15) is 6.54 Å². The Morgan fingerprint density at radius 3 is 2.21 bits per heavy atom. The molecule has 0 aliphatic rings. The van der Waals surface area contributed by atoms with Crippen molar-refractivity contribution in [3.63, 3.8) is 0 Å². The predicted molar refractivity (Wildman–Crippen MR) is 56.5 cm³/mol. The van der Waals surface area contributed by atoms with Crippen molar-refractivity contribution in [2.24, 2.45) is 0 Å². The molecule has 0 aliphatic heterocycles. The SMILES string of the molecule is C=C/C=C(\C=C)COO.CCC[NH-].[Y]. The number of rotatable bonds is 5. The smallest absolute Gasteiger partial charge is 0.107 e. The summed E-state index contributed by atoms with van der Waals surface area (Å²) in [7, 11) is 0. The average molecular weight is 273 g/mol. The molecular weight excluding hydrogens is 255 g/mol. The van der Waals surface area contributed by atoms with Crippen molar-refractivity contribution in [3.05, 3.63) is 42.7 Å². The van der Waals surface area contributed by atoms with Crippen LogP contribution in [0.25, 0.3) is 5.73 Å². The van der Waals surface area contributed by atoms with E-state index in [-0.39, 0.29) is 39.3 Å². The van der Waals surface area contributed by atoms with Crippen molar-refractivity contribution < 1.29 is 42.9 Å². The molecule has 3 nitrogen and oxygen atoms in total. The Labute approximate surface area is 112 Å². The first kappa shape index (κ1) is 19.7. The molecule has 0 aromatic carbocycles. The van der Waals surface area contributed by atoms with E-state index in [1.54, 1.807) is 18.2 Å². The fraction of sp³-hybridized carbons (Fsp3) is 0.400. The third kappa shape index (κ3) is 18.1. The minimum atomic E-state index is 0. The maximum Gasteiger partial charge on any atom is 0.107 e. The summed E-state index contributed by atoms with van der Waals surface area (Å²) in [6.45, 7) is 9.69. The molecule has 0 aromatic heterocycles. The fourth-order valence-corrected chi connectivity index (χ4v) is 0.401. The summed E-state index contributed by atoms with van der Waals surface area (Å²) >= 11 is 0. The van der Waals surface area contributed by atoms with Crippen LogP contribution < -0.4 is 0 Å². The molecule has 0 aromatic rings. The zero-order valence-electron chi connectivity index (χ0n) is 8.70. The summed E-state index contributed by atoms with van der Waals surface area (Å²) in [6, 6.07) is 0. The largest absolute Gasteiger partial charge is 0.677 e.